The third kappa shape index (κ3) is 1.88. The van der Waals surface area contributed by atoms with Crippen molar-refractivity contribution in [3.05, 3.63) is 6.20 Å². The van der Waals surface area contributed by atoms with Crippen LogP contribution in [0.4, 0.5) is 11.5 Å². The first-order valence-electron chi connectivity index (χ1n) is 4.98. The van der Waals surface area contributed by atoms with E-state index in [1.807, 2.05) is 4.90 Å². The molecule has 0 aliphatic carbocycles. The second-order valence-electron chi connectivity index (χ2n) is 3.66. The molecule has 0 radical (unpaired) electrons. The molecule has 1 aromatic heterocycles. The van der Waals surface area contributed by atoms with Gasteiger partial charge in [-0.1, -0.05) is 0 Å². The van der Waals surface area contributed by atoms with Gasteiger partial charge in [0.25, 0.3) is 0 Å². The normalized spacial score (nSPS) is 16.9. The molecule has 2 rings (SSSR count). The predicted molar refractivity (Wildman–Crippen MR) is 57.5 cm³/mol. The number of H-pyrrole nitrogens is 1. The first-order valence-corrected chi connectivity index (χ1v) is 4.98. The van der Waals surface area contributed by atoms with Crippen molar-refractivity contribution in [1.82, 2.24) is 15.1 Å². The highest BCUT2D eigenvalue weighted by Gasteiger charge is 2.20. The highest BCUT2D eigenvalue weighted by molar-refractivity contribution is 5.73. The fourth-order valence-electron chi connectivity index (χ4n) is 1.80. The molecule has 1 saturated heterocycles. The summed E-state index contributed by atoms with van der Waals surface area (Å²) < 4.78 is 0. The Morgan fingerprint density at radius 2 is 2.13 bits per heavy atom. The lowest BCUT2D eigenvalue weighted by atomic mass is 10.3. The Morgan fingerprint density at radius 1 is 1.47 bits per heavy atom. The number of aromatic nitrogens is 2. The summed E-state index contributed by atoms with van der Waals surface area (Å²) in [5.74, 6) is 0.723. The van der Waals surface area contributed by atoms with Gasteiger partial charge in [0, 0.05) is 33.1 Å². The summed E-state index contributed by atoms with van der Waals surface area (Å²) in [6, 6.07) is 0. The highest BCUT2D eigenvalue weighted by atomic mass is 16.2. The topological polar surface area (TPSA) is 78.2 Å². The summed E-state index contributed by atoms with van der Waals surface area (Å²) in [6.07, 6.45) is 1.72. The Morgan fingerprint density at radius 3 is 2.60 bits per heavy atom. The van der Waals surface area contributed by atoms with E-state index in [-0.39, 0.29) is 5.91 Å². The Balaban J connectivity index is 2.00. The maximum absolute atomic E-state index is 11.1. The maximum Gasteiger partial charge on any atom is 0.219 e. The van der Waals surface area contributed by atoms with Crippen LogP contribution in [0.5, 0.6) is 0 Å². The van der Waals surface area contributed by atoms with Gasteiger partial charge in [-0.05, 0) is 0 Å². The van der Waals surface area contributed by atoms with Gasteiger partial charge in [0.1, 0.15) is 5.82 Å². The molecule has 15 heavy (non-hydrogen) atoms. The third-order valence-electron chi connectivity index (χ3n) is 2.71. The molecule has 6 heteroatoms. The minimum atomic E-state index is 0.134. The molecule has 1 aliphatic rings. The predicted octanol–water partition coefficient (Wildman–Crippen LogP) is -0.340. The number of nitrogens with zero attached hydrogens (tertiary/aromatic N) is 3. The van der Waals surface area contributed by atoms with Crippen LogP contribution in [0.1, 0.15) is 6.92 Å². The van der Waals surface area contributed by atoms with E-state index in [2.05, 4.69) is 15.1 Å². The van der Waals surface area contributed by atoms with E-state index in [9.17, 15) is 4.79 Å². The molecule has 2 heterocycles. The smallest absolute Gasteiger partial charge is 0.219 e. The van der Waals surface area contributed by atoms with E-state index in [1.54, 1.807) is 13.1 Å². The van der Waals surface area contributed by atoms with Gasteiger partial charge in [-0.2, -0.15) is 5.10 Å². The van der Waals surface area contributed by atoms with Gasteiger partial charge in [0.05, 0.1) is 11.9 Å². The zero-order chi connectivity index (χ0) is 10.8. The van der Waals surface area contributed by atoms with Gasteiger partial charge in [0.15, 0.2) is 0 Å². The monoisotopic (exact) mass is 209 g/mol. The lowest BCUT2D eigenvalue weighted by molar-refractivity contribution is -0.129. The molecule has 3 N–H and O–H groups in total. The molecule has 82 valence electrons. The Labute approximate surface area is 88.0 Å². The minimum Gasteiger partial charge on any atom is -0.382 e. The molecule has 1 amide bonds. The number of piperazine rings is 1. The standard InChI is InChI=1S/C9H15N5O/c1-7(15)13-2-4-14(5-3-13)8-6-11-12-9(8)10/h6H,2-5H2,1H3,(H3,10,11,12). The van der Waals surface area contributed by atoms with Crippen LogP contribution in [0, 0.1) is 0 Å². The lowest BCUT2D eigenvalue weighted by Crippen LogP contribution is -2.48. The summed E-state index contributed by atoms with van der Waals surface area (Å²) in [5.41, 5.74) is 6.65. The van der Waals surface area contributed by atoms with E-state index in [1.165, 1.54) is 0 Å². The second-order valence-corrected chi connectivity index (χ2v) is 3.66. The number of aromatic amines is 1. The van der Waals surface area contributed by atoms with Crippen molar-refractivity contribution in [2.24, 2.45) is 0 Å². The van der Waals surface area contributed by atoms with Gasteiger partial charge in [-0.25, -0.2) is 0 Å². The van der Waals surface area contributed by atoms with Crippen molar-refractivity contribution in [3.63, 3.8) is 0 Å². The van der Waals surface area contributed by atoms with Crippen LogP contribution in [0.15, 0.2) is 6.20 Å². The van der Waals surface area contributed by atoms with Crippen molar-refractivity contribution in [1.29, 1.82) is 0 Å². The van der Waals surface area contributed by atoms with Crippen LogP contribution >= 0.6 is 0 Å². The lowest BCUT2D eigenvalue weighted by Gasteiger charge is -2.34. The minimum absolute atomic E-state index is 0.134. The van der Waals surface area contributed by atoms with Crippen molar-refractivity contribution in [2.45, 2.75) is 6.92 Å². The van der Waals surface area contributed by atoms with Crippen LogP contribution in [0.2, 0.25) is 0 Å². The molecular weight excluding hydrogens is 194 g/mol. The van der Waals surface area contributed by atoms with Gasteiger partial charge < -0.3 is 15.5 Å². The van der Waals surface area contributed by atoms with Crippen LogP contribution < -0.4 is 10.6 Å². The van der Waals surface area contributed by atoms with Crippen LogP contribution in [0.25, 0.3) is 0 Å². The molecule has 0 saturated carbocycles. The number of nitrogen functional groups attached to an aromatic ring is 1. The molecular formula is C9H15N5O. The Hall–Kier alpha value is -1.72. The summed E-state index contributed by atoms with van der Waals surface area (Å²) >= 11 is 0. The molecule has 1 fully saturated rings. The summed E-state index contributed by atoms with van der Waals surface area (Å²) in [6.45, 7) is 4.72. The highest BCUT2D eigenvalue weighted by Crippen LogP contribution is 2.20. The van der Waals surface area contributed by atoms with Crippen molar-refractivity contribution in [3.8, 4) is 0 Å². The fourth-order valence-corrected chi connectivity index (χ4v) is 1.80. The van der Waals surface area contributed by atoms with Crippen LogP contribution in [-0.4, -0.2) is 47.2 Å². The first kappa shape index (κ1) is 9.82. The average Bonchev–Trinajstić information content (AvgIpc) is 2.65. The van der Waals surface area contributed by atoms with E-state index in [0.29, 0.717) is 5.82 Å². The third-order valence-corrected chi connectivity index (χ3v) is 2.71. The van der Waals surface area contributed by atoms with Crippen molar-refractivity contribution >= 4 is 17.4 Å². The van der Waals surface area contributed by atoms with E-state index in [4.69, 9.17) is 5.73 Å². The zero-order valence-electron chi connectivity index (χ0n) is 8.73. The van der Waals surface area contributed by atoms with Gasteiger partial charge >= 0.3 is 0 Å². The van der Waals surface area contributed by atoms with Crippen LogP contribution in [-0.2, 0) is 4.79 Å². The number of nitrogens with one attached hydrogen (secondary N) is 1. The summed E-state index contributed by atoms with van der Waals surface area (Å²) in [4.78, 5) is 15.1. The van der Waals surface area contributed by atoms with Gasteiger partial charge in [-0.15, -0.1) is 0 Å². The number of anilines is 2. The second kappa shape index (κ2) is 3.80. The zero-order valence-corrected chi connectivity index (χ0v) is 8.73. The van der Waals surface area contributed by atoms with E-state index in [0.717, 1.165) is 31.9 Å². The number of carbonyl (C=O) groups excluding carboxylic acids is 1. The number of hydrogen-bond donors (Lipinski definition) is 2. The Kier molecular flexibility index (Phi) is 2.49. The van der Waals surface area contributed by atoms with Crippen molar-refractivity contribution < 1.29 is 4.79 Å². The molecule has 6 nitrogen and oxygen atoms in total. The molecule has 0 spiro atoms. The summed E-state index contributed by atoms with van der Waals surface area (Å²) in [7, 11) is 0. The SMILES string of the molecule is CC(=O)N1CCN(c2cn[nH]c2N)CC1. The largest absolute Gasteiger partial charge is 0.382 e. The maximum atomic E-state index is 11.1. The van der Waals surface area contributed by atoms with E-state index < -0.39 is 0 Å². The summed E-state index contributed by atoms with van der Waals surface area (Å²) in [5, 5.41) is 6.58. The molecule has 1 aliphatic heterocycles. The fraction of sp³-hybridized carbons (Fsp3) is 0.556. The number of nitrogens with two attached hydrogens (primary N) is 1. The number of hydrogen-bond acceptors (Lipinski definition) is 4. The van der Waals surface area contributed by atoms with Gasteiger partial charge in [-0.3, -0.25) is 9.89 Å². The van der Waals surface area contributed by atoms with Crippen LogP contribution in [0.3, 0.4) is 0 Å². The van der Waals surface area contributed by atoms with Crippen molar-refractivity contribution in [2.75, 3.05) is 36.8 Å². The number of carbonyl (C=O) groups is 1. The van der Waals surface area contributed by atoms with Gasteiger partial charge in [0.2, 0.25) is 5.91 Å². The quantitative estimate of drug-likeness (QED) is 0.663. The molecule has 0 aromatic carbocycles. The average molecular weight is 209 g/mol. The molecule has 0 bridgehead atoms. The molecule has 1 aromatic rings. The number of amides is 1. The molecule has 0 atom stereocenters. The Bertz CT molecular complexity index is 353. The number of rotatable bonds is 1. The first-order chi connectivity index (χ1) is 7.18. The molecule has 0 unspecified atom stereocenters. The van der Waals surface area contributed by atoms with E-state index >= 15 is 0 Å².